The van der Waals surface area contributed by atoms with Crippen LogP contribution in [0.3, 0.4) is 0 Å². The van der Waals surface area contributed by atoms with E-state index in [1.54, 1.807) is 0 Å². The highest BCUT2D eigenvalue weighted by Crippen LogP contribution is 2.29. The highest BCUT2D eigenvalue weighted by Gasteiger charge is 2.26. The van der Waals surface area contributed by atoms with Crippen molar-refractivity contribution in [3.05, 3.63) is 29.4 Å². The minimum atomic E-state index is 0.266. The lowest BCUT2D eigenvalue weighted by molar-refractivity contribution is 0.0855. The number of pyridine rings is 1. The largest absolute Gasteiger partial charge is 0.336 e. The first kappa shape index (κ1) is 11.1. The van der Waals surface area contributed by atoms with Gasteiger partial charge in [0.25, 0.3) is 0 Å². The number of aromatic nitrogens is 1. The van der Waals surface area contributed by atoms with E-state index in [1.165, 1.54) is 6.42 Å². The SMILES string of the molecule is CCN=c1cc(C(=O)C2CCC2)ccn1C. The average Bonchev–Trinajstić information content (AvgIpc) is 2.19. The minimum Gasteiger partial charge on any atom is -0.336 e. The minimum absolute atomic E-state index is 0.266. The summed E-state index contributed by atoms with van der Waals surface area (Å²) in [6.07, 6.45) is 5.23. The van der Waals surface area contributed by atoms with Crippen molar-refractivity contribution in [2.45, 2.75) is 26.2 Å². The van der Waals surface area contributed by atoms with E-state index in [0.717, 1.165) is 30.4 Å². The molecule has 0 atom stereocenters. The zero-order chi connectivity index (χ0) is 11.5. The Labute approximate surface area is 95.8 Å². The standard InChI is InChI=1S/C13H18N2O/c1-3-14-12-9-11(7-8-15(12)2)13(16)10-5-4-6-10/h7-10H,3-6H2,1-2H3. The second kappa shape index (κ2) is 4.64. The van der Waals surface area contributed by atoms with Gasteiger partial charge < -0.3 is 4.57 Å². The van der Waals surface area contributed by atoms with Crippen molar-refractivity contribution in [3.63, 3.8) is 0 Å². The van der Waals surface area contributed by atoms with Crippen LogP contribution in [-0.4, -0.2) is 16.9 Å². The fourth-order valence-electron chi connectivity index (χ4n) is 1.94. The molecule has 2 rings (SSSR count). The highest BCUT2D eigenvalue weighted by atomic mass is 16.1. The molecule has 0 radical (unpaired) electrons. The van der Waals surface area contributed by atoms with E-state index in [0.29, 0.717) is 5.78 Å². The topological polar surface area (TPSA) is 34.4 Å². The molecule has 0 N–H and O–H groups in total. The average molecular weight is 218 g/mol. The number of rotatable bonds is 3. The van der Waals surface area contributed by atoms with Crippen molar-refractivity contribution >= 4 is 5.78 Å². The molecule has 1 heterocycles. The fraction of sp³-hybridized carbons (Fsp3) is 0.538. The van der Waals surface area contributed by atoms with Crippen LogP contribution in [0.1, 0.15) is 36.5 Å². The van der Waals surface area contributed by atoms with E-state index < -0.39 is 0 Å². The van der Waals surface area contributed by atoms with Gasteiger partial charge in [0.15, 0.2) is 5.78 Å². The van der Waals surface area contributed by atoms with Crippen molar-refractivity contribution in [1.82, 2.24) is 4.57 Å². The Kier molecular flexibility index (Phi) is 3.22. The summed E-state index contributed by atoms with van der Waals surface area (Å²) in [4.78, 5) is 16.4. The molecule has 0 amide bonds. The maximum Gasteiger partial charge on any atom is 0.166 e. The Morgan fingerprint density at radius 3 is 2.88 bits per heavy atom. The Hall–Kier alpha value is -1.38. The molecular formula is C13H18N2O. The molecule has 3 nitrogen and oxygen atoms in total. The Balaban J connectivity index is 2.31. The summed E-state index contributed by atoms with van der Waals surface area (Å²) >= 11 is 0. The predicted octanol–water partition coefficient (Wildman–Crippen LogP) is 1.93. The van der Waals surface area contributed by atoms with Gasteiger partial charge in [-0.3, -0.25) is 9.79 Å². The first-order valence-electron chi connectivity index (χ1n) is 5.93. The molecule has 1 aliphatic carbocycles. The number of nitrogens with zero attached hydrogens (tertiary/aromatic N) is 2. The van der Waals surface area contributed by atoms with Gasteiger partial charge >= 0.3 is 0 Å². The quantitative estimate of drug-likeness (QED) is 0.714. The lowest BCUT2D eigenvalue weighted by Crippen LogP contribution is -2.25. The molecule has 1 fully saturated rings. The van der Waals surface area contributed by atoms with Gasteiger partial charge in [0.2, 0.25) is 0 Å². The van der Waals surface area contributed by atoms with Crippen LogP contribution in [0.2, 0.25) is 0 Å². The third-order valence-electron chi connectivity index (χ3n) is 3.20. The molecule has 0 unspecified atom stereocenters. The molecule has 0 bridgehead atoms. The van der Waals surface area contributed by atoms with Crippen LogP contribution in [0.15, 0.2) is 23.3 Å². The molecule has 3 heteroatoms. The van der Waals surface area contributed by atoms with E-state index in [4.69, 9.17) is 0 Å². The third-order valence-corrected chi connectivity index (χ3v) is 3.20. The van der Waals surface area contributed by atoms with Gasteiger partial charge in [-0.25, -0.2) is 0 Å². The molecule has 1 aromatic rings. The molecule has 1 saturated carbocycles. The predicted molar refractivity (Wildman–Crippen MR) is 63.2 cm³/mol. The molecule has 0 saturated heterocycles. The van der Waals surface area contributed by atoms with Gasteiger partial charge in [-0.15, -0.1) is 0 Å². The summed E-state index contributed by atoms with van der Waals surface area (Å²) in [5.74, 6) is 0.557. The Morgan fingerprint density at radius 2 is 2.31 bits per heavy atom. The lowest BCUT2D eigenvalue weighted by atomic mass is 9.80. The van der Waals surface area contributed by atoms with Crippen LogP contribution in [0.25, 0.3) is 0 Å². The van der Waals surface area contributed by atoms with Crippen molar-refractivity contribution < 1.29 is 4.79 Å². The van der Waals surface area contributed by atoms with E-state index in [9.17, 15) is 4.79 Å². The molecule has 16 heavy (non-hydrogen) atoms. The molecule has 0 aliphatic heterocycles. The van der Waals surface area contributed by atoms with Gasteiger partial charge in [0, 0.05) is 31.3 Å². The number of ketones is 1. The number of Topliss-reactive ketones (excluding diaryl/α,β-unsaturated/α-hetero) is 1. The third kappa shape index (κ3) is 2.08. The van der Waals surface area contributed by atoms with Gasteiger partial charge in [-0.1, -0.05) is 6.42 Å². The van der Waals surface area contributed by atoms with Gasteiger partial charge in [0.1, 0.15) is 5.49 Å². The maximum atomic E-state index is 12.0. The molecular weight excluding hydrogens is 200 g/mol. The second-order valence-corrected chi connectivity index (χ2v) is 4.35. The Bertz CT molecular complexity index is 455. The summed E-state index contributed by atoms with van der Waals surface area (Å²) in [7, 11) is 1.95. The number of carbonyl (C=O) groups excluding carboxylic acids is 1. The van der Waals surface area contributed by atoms with Gasteiger partial charge in [-0.05, 0) is 31.9 Å². The smallest absolute Gasteiger partial charge is 0.166 e. The summed E-state index contributed by atoms with van der Waals surface area (Å²) in [6.45, 7) is 2.75. The van der Waals surface area contributed by atoms with Gasteiger partial charge in [0.05, 0.1) is 0 Å². The van der Waals surface area contributed by atoms with Crippen LogP contribution >= 0.6 is 0 Å². The Morgan fingerprint density at radius 1 is 1.56 bits per heavy atom. The van der Waals surface area contributed by atoms with Crippen LogP contribution in [-0.2, 0) is 7.05 Å². The summed E-state index contributed by atoms with van der Waals surface area (Å²) in [5, 5.41) is 0. The van der Waals surface area contributed by atoms with Crippen LogP contribution < -0.4 is 5.49 Å². The summed E-state index contributed by atoms with van der Waals surface area (Å²) in [5.41, 5.74) is 1.70. The zero-order valence-corrected chi connectivity index (χ0v) is 9.94. The monoisotopic (exact) mass is 218 g/mol. The van der Waals surface area contributed by atoms with Gasteiger partial charge in [-0.2, -0.15) is 0 Å². The maximum absolute atomic E-state index is 12.0. The van der Waals surface area contributed by atoms with E-state index >= 15 is 0 Å². The summed E-state index contributed by atoms with van der Waals surface area (Å²) < 4.78 is 1.95. The summed E-state index contributed by atoms with van der Waals surface area (Å²) in [6, 6.07) is 3.81. The van der Waals surface area contributed by atoms with E-state index in [2.05, 4.69) is 4.99 Å². The zero-order valence-electron chi connectivity index (χ0n) is 9.94. The molecule has 0 spiro atoms. The van der Waals surface area contributed by atoms with Crippen molar-refractivity contribution in [2.24, 2.45) is 18.0 Å². The van der Waals surface area contributed by atoms with Crippen LogP contribution in [0, 0.1) is 5.92 Å². The van der Waals surface area contributed by atoms with Crippen molar-refractivity contribution in [1.29, 1.82) is 0 Å². The van der Waals surface area contributed by atoms with Crippen molar-refractivity contribution in [3.8, 4) is 0 Å². The van der Waals surface area contributed by atoms with E-state index in [-0.39, 0.29) is 5.92 Å². The molecule has 1 aromatic heterocycles. The lowest BCUT2D eigenvalue weighted by Gasteiger charge is -2.23. The van der Waals surface area contributed by atoms with Crippen molar-refractivity contribution in [2.75, 3.05) is 6.54 Å². The molecule has 0 aromatic carbocycles. The normalized spacial score (nSPS) is 17.2. The number of carbonyl (C=O) groups is 1. The number of aryl methyl sites for hydroxylation is 1. The molecule has 86 valence electrons. The van der Waals surface area contributed by atoms with Crippen LogP contribution in [0.5, 0.6) is 0 Å². The highest BCUT2D eigenvalue weighted by molar-refractivity contribution is 5.98. The number of hydrogen-bond donors (Lipinski definition) is 0. The molecule has 1 aliphatic rings. The van der Waals surface area contributed by atoms with Crippen LogP contribution in [0.4, 0.5) is 0 Å². The number of hydrogen-bond acceptors (Lipinski definition) is 2. The fourth-order valence-corrected chi connectivity index (χ4v) is 1.94. The van der Waals surface area contributed by atoms with E-state index in [1.807, 2.05) is 36.9 Å². The second-order valence-electron chi connectivity index (χ2n) is 4.35. The first-order valence-corrected chi connectivity index (χ1v) is 5.93. The first-order chi connectivity index (χ1) is 7.72.